The van der Waals surface area contributed by atoms with E-state index in [0.717, 1.165) is 5.76 Å². The van der Waals surface area contributed by atoms with E-state index in [-0.39, 0.29) is 12.3 Å². The average Bonchev–Trinajstić information content (AvgIpc) is 2.84. The summed E-state index contributed by atoms with van der Waals surface area (Å²) in [5.41, 5.74) is 0. The van der Waals surface area contributed by atoms with E-state index in [0.29, 0.717) is 18.6 Å². The smallest absolute Gasteiger partial charge is 0.326 e. The summed E-state index contributed by atoms with van der Waals surface area (Å²) in [6.07, 6.45) is 4.59. The minimum absolute atomic E-state index is 0.233. The Labute approximate surface area is 110 Å². The molecular formula is C12H17NO4S. The second kappa shape index (κ2) is 7.81. The van der Waals surface area contributed by atoms with Crippen LogP contribution in [0, 0.1) is 0 Å². The van der Waals surface area contributed by atoms with E-state index < -0.39 is 12.0 Å². The Morgan fingerprint density at radius 1 is 1.56 bits per heavy atom. The van der Waals surface area contributed by atoms with Crippen molar-refractivity contribution in [1.82, 2.24) is 5.32 Å². The van der Waals surface area contributed by atoms with Crippen LogP contribution in [0.5, 0.6) is 0 Å². The highest BCUT2D eigenvalue weighted by Crippen LogP contribution is 2.05. The van der Waals surface area contributed by atoms with Crippen molar-refractivity contribution in [1.29, 1.82) is 0 Å². The Bertz CT molecular complexity index is 377. The number of hydrogen-bond donors (Lipinski definition) is 2. The number of nitrogens with one attached hydrogen (secondary N) is 1. The van der Waals surface area contributed by atoms with Crippen molar-refractivity contribution in [2.45, 2.75) is 25.3 Å². The zero-order valence-corrected chi connectivity index (χ0v) is 11.0. The van der Waals surface area contributed by atoms with E-state index in [2.05, 4.69) is 5.32 Å². The van der Waals surface area contributed by atoms with Crippen LogP contribution >= 0.6 is 11.8 Å². The number of carboxylic acids is 1. The lowest BCUT2D eigenvalue weighted by atomic mass is 10.2. The minimum Gasteiger partial charge on any atom is -0.480 e. The molecule has 1 atom stereocenters. The summed E-state index contributed by atoms with van der Waals surface area (Å²) in [6.45, 7) is 0. The molecule has 0 aliphatic heterocycles. The Morgan fingerprint density at radius 3 is 2.89 bits per heavy atom. The molecule has 1 aromatic rings. The molecule has 2 N–H and O–H groups in total. The lowest BCUT2D eigenvalue weighted by molar-refractivity contribution is -0.141. The molecule has 1 amide bonds. The number of carbonyl (C=O) groups excluding carboxylic acids is 1. The molecule has 0 radical (unpaired) electrons. The first-order valence-corrected chi connectivity index (χ1v) is 7.06. The predicted octanol–water partition coefficient (Wildman–Crippen LogP) is 1.53. The van der Waals surface area contributed by atoms with Crippen LogP contribution in [0.2, 0.25) is 0 Å². The number of aliphatic carboxylic acids is 1. The highest BCUT2D eigenvalue weighted by Gasteiger charge is 2.19. The summed E-state index contributed by atoms with van der Waals surface area (Å²) in [4.78, 5) is 22.5. The number of furan rings is 1. The Hall–Kier alpha value is -1.43. The number of thioether (sulfide) groups is 1. The fraction of sp³-hybridized carbons (Fsp3) is 0.500. The second-order valence-corrected chi connectivity index (χ2v) is 4.80. The number of hydrogen-bond acceptors (Lipinski definition) is 4. The van der Waals surface area contributed by atoms with Crippen LogP contribution in [0.3, 0.4) is 0 Å². The molecule has 18 heavy (non-hydrogen) atoms. The summed E-state index contributed by atoms with van der Waals surface area (Å²) in [6, 6.07) is 2.74. The molecule has 100 valence electrons. The van der Waals surface area contributed by atoms with Crippen LogP contribution in [0.15, 0.2) is 22.8 Å². The number of carbonyl (C=O) groups is 2. The van der Waals surface area contributed by atoms with E-state index >= 15 is 0 Å². The van der Waals surface area contributed by atoms with Gasteiger partial charge in [0.25, 0.3) is 0 Å². The van der Waals surface area contributed by atoms with Crippen molar-refractivity contribution < 1.29 is 19.1 Å². The Kier molecular flexibility index (Phi) is 6.35. The zero-order chi connectivity index (χ0) is 13.4. The fourth-order valence-electron chi connectivity index (χ4n) is 1.45. The Morgan fingerprint density at radius 2 is 2.33 bits per heavy atom. The quantitative estimate of drug-likeness (QED) is 0.749. The molecule has 5 nitrogen and oxygen atoms in total. The largest absolute Gasteiger partial charge is 0.480 e. The zero-order valence-electron chi connectivity index (χ0n) is 10.2. The maximum absolute atomic E-state index is 11.6. The van der Waals surface area contributed by atoms with Crippen LogP contribution in [0.1, 0.15) is 18.6 Å². The first-order valence-electron chi connectivity index (χ1n) is 5.67. The van der Waals surface area contributed by atoms with E-state index in [9.17, 15) is 9.59 Å². The normalized spacial score (nSPS) is 12.1. The van der Waals surface area contributed by atoms with Gasteiger partial charge in [-0.25, -0.2) is 4.79 Å². The van der Waals surface area contributed by atoms with Crippen molar-refractivity contribution in [3.63, 3.8) is 0 Å². The van der Waals surface area contributed by atoms with E-state index in [1.54, 1.807) is 30.2 Å². The van der Waals surface area contributed by atoms with Gasteiger partial charge >= 0.3 is 5.97 Å². The summed E-state index contributed by atoms with van der Waals surface area (Å²) >= 11 is 1.56. The summed E-state index contributed by atoms with van der Waals surface area (Å²) in [5.74, 6) is 0.173. The van der Waals surface area contributed by atoms with Gasteiger partial charge in [-0.05, 0) is 30.6 Å². The maximum Gasteiger partial charge on any atom is 0.326 e. The topological polar surface area (TPSA) is 79.5 Å². The van der Waals surface area contributed by atoms with Crippen molar-refractivity contribution in [2.75, 3.05) is 12.0 Å². The van der Waals surface area contributed by atoms with Crippen LogP contribution < -0.4 is 5.32 Å². The van der Waals surface area contributed by atoms with Gasteiger partial charge in [-0.3, -0.25) is 4.79 Å². The summed E-state index contributed by atoms with van der Waals surface area (Å²) in [7, 11) is 0. The first-order chi connectivity index (χ1) is 8.63. The van der Waals surface area contributed by atoms with Gasteiger partial charge < -0.3 is 14.8 Å². The third-order valence-corrected chi connectivity index (χ3v) is 3.07. The van der Waals surface area contributed by atoms with Gasteiger partial charge in [-0.15, -0.1) is 0 Å². The molecule has 1 heterocycles. The van der Waals surface area contributed by atoms with E-state index in [1.807, 2.05) is 6.26 Å². The fourth-order valence-corrected chi connectivity index (χ4v) is 1.92. The highest BCUT2D eigenvalue weighted by atomic mass is 32.2. The van der Waals surface area contributed by atoms with Gasteiger partial charge in [0, 0.05) is 12.8 Å². The monoisotopic (exact) mass is 271 g/mol. The molecule has 0 saturated heterocycles. The molecule has 0 bridgehead atoms. The van der Waals surface area contributed by atoms with Gasteiger partial charge in [0.15, 0.2) is 0 Å². The van der Waals surface area contributed by atoms with E-state index in [1.165, 1.54) is 0 Å². The Balaban J connectivity index is 2.34. The minimum atomic E-state index is -0.990. The molecule has 0 aromatic carbocycles. The molecule has 6 heteroatoms. The molecule has 1 aromatic heterocycles. The average molecular weight is 271 g/mol. The number of carboxylic acid groups (broad SMARTS) is 1. The number of amides is 1. The molecule has 0 fully saturated rings. The number of rotatable bonds is 8. The van der Waals surface area contributed by atoms with Crippen LogP contribution in [-0.4, -0.2) is 35.0 Å². The lowest BCUT2D eigenvalue weighted by Gasteiger charge is -2.13. The third kappa shape index (κ3) is 5.27. The van der Waals surface area contributed by atoms with Crippen molar-refractivity contribution >= 4 is 23.6 Å². The van der Waals surface area contributed by atoms with Gasteiger partial charge in [0.1, 0.15) is 11.8 Å². The van der Waals surface area contributed by atoms with Crippen molar-refractivity contribution in [3.8, 4) is 0 Å². The van der Waals surface area contributed by atoms with Gasteiger partial charge in [0.05, 0.1) is 6.26 Å². The van der Waals surface area contributed by atoms with Gasteiger partial charge in [-0.2, -0.15) is 11.8 Å². The molecule has 0 aliphatic rings. The molecule has 0 unspecified atom stereocenters. The van der Waals surface area contributed by atoms with Crippen molar-refractivity contribution in [2.24, 2.45) is 0 Å². The van der Waals surface area contributed by atoms with E-state index in [4.69, 9.17) is 9.52 Å². The SMILES string of the molecule is CSCC[C@@H](NC(=O)CCc1ccco1)C(=O)O. The summed E-state index contributed by atoms with van der Waals surface area (Å²) < 4.78 is 5.10. The molecule has 0 aliphatic carbocycles. The standard InChI is InChI=1S/C12H17NO4S/c1-18-8-6-10(12(15)16)13-11(14)5-4-9-3-2-7-17-9/h2-3,7,10H,4-6,8H2,1H3,(H,13,14)(H,15,16)/t10-/m1/s1. The van der Waals surface area contributed by atoms with Crippen LogP contribution in [0.25, 0.3) is 0 Å². The van der Waals surface area contributed by atoms with Crippen LogP contribution in [-0.2, 0) is 16.0 Å². The lowest BCUT2D eigenvalue weighted by Crippen LogP contribution is -2.41. The second-order valence-electron chi connectivity index (χ2n) is 3.82. The molecule has 1 rings (SSSR count). The van der Waals surface area contributed by atoms with Crippen molar-refractivity contribution in [3.05, 3.63) is 24.2 Å². The van der Waals surface area contributed by atoms with Gasteiger partial charge in [-0.1, -0.05) is 0 Å². The van der Waals surface area contributed by atoms with Crippen LogP contribution in [0.4, 0.5) is 0 Å². The highest BCUT2D eigenvalue weighted by molar-refractivity contribution is 7.98. The molecule has 0 spiro atoms. The van der Waals surface area contributed by atoms with Gasteiger partial charge in [0.2, 0.25) is 5.91 Å². The molecule has 0 saturated carbocycles. The molecular weight excluding hydrogens is 254 g/mol. The predicted molar refractivity (Wildman–Crippen MR) is 69.6 cm³/mol. The third-order valence-electron chi connectivity index (χ3n) is 2.42. The maximum atomic E-state index is 11.6. The number of aryl methyl sites for hydroxylation is 1. The first kappa shape index (κ1) is 14.6. The summed E-state index contributed by atoms with van der Waals surface area (Å²) in [5, 5.41) is 11.5.